The van der Waals surface area contributed by atoms with E-state index < -0.39 is 0 Å². The van der Waals surface area contributed by atoms with Crippen LogP contribution in [0, 0.1) is 6.92 Å². The minimum absolute atomic E-state index is 0.0957. The molecule has 110 valence electrons. The molecule has 1 aromatic rings. The molecule has 5 nitrogen and oxygen atoms in total. The van der Waals surface area contributed by atoms with E-state index in [1.54, 1.807) is 0 Å². The average Bonchev–Trinajstić information content (AvgIpc) is 2.47. The van der Waals surface area contributed by atoms with Gasteiger partial charge in [0.1, 0.15) is 0 Å². The van der Waals surface area contributed by atoms with E-state index in [1.807, 2.05) is 24.8 Å². The van der Waals surface area contributed by atoms with E-state index >= 15 is 0 Å². The standard InChI is InChI=1S/C14H21BrN4O/c1-3-13-12(10-11(2)16-17-13)14(20)19-8-6-18(5-4-15)7-9-19/h10H,3-9H2,1-2H3. The second-order valence-corrected chi connectivity index (χ2v) is 5.82. The summed E-state index contributed by atoms with van der Waals surface area (Å²) in [5.41, 5.74) is 2.31. The second-order valence-electron chi connectivity index (χ2n) is 5.02. The van der Waals surface area contributed by atoms with Crippen LogP contribution in [-0.2, 0) is 6.42 Å². The number of hydrogen-bond donors (Lipinski definition) is 0. The van der Waals surface area contributed by atoms with Crippen molar-refractivity contribution in [2.45, 2.75) is 20.3 Å². The first kappa shape index (κ1) is 15.4. The van der Waals surface area contributed by atoms with E-state index in [2.05, 4.69) is 31.0 Å². The maximum Gasteiger partial charge on any atom is 0.255 e. The fraction of sp³-hybridized carbons (Fsp3) is 0.643. The quantitative estimate of drug-likeness (QED) is 0.779. The molecule has 6 heteroatoms. The maximum atomic E-state index is 12.6. The lowest BCUT2D eigenvalue weighted by molar-refractivity contribution is 0.0643. The molecule has 1 aliphatic rings. The van der Waals surface area contributed by atoms with Crippen LogP contribution in [0.2, 0.25) is 0 Å². The fourth-order valence-electron chi connectivity index (χ4n) is 2.42. The van der Waals surface area contributed by atoms with Gasteiger partial charge >= 0.3 is 0 Å². The summed E-state index contributed by atoms with van der Waals surface area (Å²) >= 11 is 3.46. The van der Waals surface area contributed by atoms with Crippen molar-refractivity contribution >= 4 is 21.8 Å². The predicted molar refractivity (Wildman–Crippen MR) is 82.3 cm³/mol. The Kier molecular flexibility index (Phi) is 5.48. The summed E-state index contributed by atoms with van der Waals surface area (Å²) in [4.78, 5) is 16.9. The van der Waals surface area contributed by atoms with Crippen LogP contribution < -0.4 is 0 Å². The van der Waals surface area contributed by atoms with Crippen molar-refractivity contribution in [3.05, 3.63) is 23.0 Å². The summed E-state index contributed by atoms with van der Waals surface area (Å²) in [6, 6.07) is 1.86. The van der Waals surface area contributed by atoms with Gasteiger partial charge in [0.15, 0.2) is 0 Å². The topological polar surface area (TPSA) is 49.3 Å². The molecule has 1 amide bonds. The minimum atomic E-state index is 0.0957. The van der Waals surface area contributed by atoms with Crippen molar-refractivity contribution < 1.29 is 4.79 Å². The summed E-state index contributed by atoms with van der Waals surface area (Å²) in [6.07, 6.45) is 0.734. The van der Waals surface area contributed by atoms with E-state index in [9.17, 15) is 4.79 Å². The number of carbonyl (C=O) groups excluding carboxylic acids is 1. The van der Waals surface area contributed by atoms with E-state index in [4.69, 9.17) is 0 Å². The summed E-state index contributed by atoms with van der Waals surface area (Å²) in [7, 11) is 0. The third-order valence-corrected chi connectivity index (χ3v) is 3.97. The Balaban J connectivity index is 2.07. The van der Waals surface area contributed by atoms with Crippen molar-refractivity contribution in [1.29, 1.82) is 0 Å². The Hall–Kier alpha value is -1.01. The number of aryl methyl sites for hydroxylation is 2. The van der Waals surface area contributed by atoms with E-state index in [1.165, 1.54) is 0 Å². The molecule has 2 heterocycles. The molecule has 0 unspecified atom stereocenters. The zero-order valence-electron chi connectivity index (χ0n) is 12.1. The number of carbonyl (C=O) groups is 1. The van der Waals surface area contributed by atoms with Crippen LogP contribution in [0.4, 0.5) is 0 Å². The number of alkyl halides is 1. The lowest BCUT2D eigenvalue weighted by Gasteiger charge is -2.34. The zero-order chi connectivity index (χ0) is 14.5. The van der Waals surface area contributed by atoms with Crippen LogP contribution in [0.25, 0.3) is 0 Å². The molecular formula is C14H21BrN4O. The first-order valence-corrected chi connectivity index (χ1v) is 8.18. The number of halogens is 1. The molecule has 2 rings (SSSR count). The van der Waals surface area contributed by atoms with Crippen LogP contribution in [0.3, 0.4) is 0 Å². The monoisotopic (exact) mass is 340 g/mol. The maximum absolute atomic E-state index is 12.6. The van der Waals surface area contributed by atoms with Crippen LogP contribution in [0.1, 0.15) is 28.7 Å². The highest BCUT2D eigenvalue weighted by atomic mass is 79.9. The van der Waals surface area contributed by atoms with Gasteiger partial charge in [-0.1, -0.05) is 22.9 Å². The van der Waals surface area contributed by atoms with Gasteiger partial charge in [-0.05, 0) is 19.4 Å². The van der Waals surface area contributed by atoms with E-state index in [0.717, 1.165) is 55.9 Å². The van der Waals surface area contributed by atoms with Gasteiger partial charge in [-0.2, -0.15) is 10.2 Å². The smallest absolute Gasteiger partial charge is 0.255 e. The Morgan fingerprint density at radius 1 is 1.30 bits per heavy atom. The minimum Gasteiger partial charge on any atom is -0.336 e. The molecule has 0 saturated carbocycles. The lowest BCUT2D eigenvalue weighted by Crippen LogP contribution is -2.49. The van der Waals surface area contributed by atoms with Crippen molar-refractivity contribution in [3.63, 3.8) is 0 Å². The molecule has 0 N–H and O–H groups in total. The highest BCUT2D eigenvalue weighted by Gasteiger charge is 2.24. The Labute approximate surface area is 128 Å². The van der Waals surface area contributed by atoms with Gasteiger partial charge in [0.25, 0.3) is 5.91 Å². The van der Waals surface area contributed by atoms with Crippen molar-refractivity contribution in [1.82, 2.24) is 20.0 Å². The Bertz CT molecular complexity index is 472. The summed E-state index contributed by atoms with van der Waals surface area (Å²) in [6.45, 7) is 8.37. The Morgan fingerprint density at radius 3 is 2.60 bits per heavy atom. The molecule has 1 saturated heterocycles. The first-order valence-electron chi connectivity index (χ1n) is 7.06. The number of piperazine rings is 1. The van der Waals surface area contributed by atoms with Gasteiger partial charge in [0, 0.05) is 38.1 Å². The molecule has 0 aliphatic carbocycles. The summed E-state index contributed by atoms with van der Waals surface area (Å²) in [5, 5.41) is 9.16. The summed E-state index contributed by atoms with van der Waals surface area (Å²) in [5.74, 6) is 0.0957. The fourth-order valence-corrected chi connectivity index (χ4v) is 2.93. The van der Waals surface area contributed by atoms with Crippen molar-refractivity contribution in [2.24, 2.45) is 0 Å². The molecule has 1 aromatic heterocycles. The number of amides is 1. The predicted octanol–water partition coefficient (Wildman–Crippen LogP) is 1.50. The Morgan fingerprint density at radius 2 is 2.00 bits per heavy atom. The van der Waals surface area contributed by atoms with Gasteiger partial charge < -0.3 is 4.90 Å². The van der Waals surface area contributed by atoms with Gasteiger partial charge in [-0.3, -0.25) is 9.69 Å². The second kappa shape index (κ2) is 7.13. The van der Waals surface area contributed by atoms with Crippen molar-refractivity contribution in [3.8, 4) is 0 Å². The number of rotatable bonds is 4. The average molecular weight is 341 g/mol. The van der Waals surface area contributed by atoms with Crippen LogP contribution >= 0.6 is 15.9 Å². The van der Waals surface area contributed by atoms with Crippen LogP contribution in [0.5, 0.6) is 0 Å². The van der Waals surface area contributed by atoms with Crippen LogP contribution in [0.15, 0.2) is 6.07 Å². The number of aromatic nitrogens is 2. The lowest BCUT2D eigenvalue weighted by atomic mass is 10.1. The van der Waals surface area contributed by atoms with Gasteiger partial charge in [0.2, 0.25) is 0 Å². The summed E-state index contributed by atoms with van der Waals surface area (Å²) < 4.78 is 0. The molecule has 20 heavy (non-hydrogen) atoms. The molecular weight excluding hydrogens is 320 g/mol. The zero-order valence-corrected chi connectivity index (χ0v) is 13.7. The van der Waals surface area contributed by atoms with E-state index in [0.29, 0.717) is 5.56 Å². The highest BCUT2D eigenvalue weighted by Crippen LogP contribution is 2.13. The molecule has 0 radical (unpaired) electrons. The molecule has 1 fully saturated rings. The van der Waals surface area contributed by atoms with E-state index in [-0.39, 0.29) is 5.91 Å². The largest absolute Gasteiger partial charge is 0.336 e. The molecule has 0 atom stereocenters. The molecule has 0 bridgehead atoms. The van der Waals surface area contributed by atoms with Gasteiger partial charge in [-0.25, -0.2) is 0 Å². The third-order valence-electron chi connectivity index (χ3n) is 3.62. The normalized spacial score (nSPS) is 16.4. The number of hydrogen-bond acceptors (Lipinski definition) is 4. The molecule has 0 spiro atoms. The molecule has 1 aliphatic heterocycles. The first-order chi connectivity index (χ1) is 9.65. The van der Waals surface area contributed by atoms with Gasteiger partial charge in [0.05, 0.1) is 17.0 Å². The van der Waals surface area contributed by atoms with Crippen molar-refractivity contribution in [2.75, 3.05) is 38.1 Å². The SMILES string of the molecule is CCc1nnc(C)cc1C(=O)N1CCN(CCBr)CC1. The highest BCUT2D eigenvalue weighted by molar-refractivity contribution is 9.09. The van der Waals surface area contributed by atoms with Crippen LogP contribution in [-0.4, -0.2) is 64.0 Å². The third kappa shape index (κ3) is 3.55. The molecule has 0 aromatic carbocycles. The number of nitrogens with zero attached hydrogens (tertiary/aromatic N) is 4. The van der Waals surface area contributed by atoms with Gasteiger partial charge in [-0.15, -0.1) is 0 Å².